The van der Waals surface area contributed by atoms with Crippen LogP contribution in [0.15, 0.2) is 34.7 Å². The molecule has 1 heterocycles. The number of imide groups is 1. The molecule has 1 aromatic carbocycles. The fourth-order valence-corrected chi connectivity index (χ4v) is 2.64. The van der Waals surface area contributed by atoms with Crippen molar-refractivity contribution in [3.8, 4) is 0 Å². The quantitative estimate of drug-likeness (QED) is 0.310. The minimum atomic E-state index is -2.06. The van der Waals surface area contributed by atoms with Crippen molar-refractivity contribution in [2.24, 2.45) is 4.40 Å². The lowest BCUT2D eigenvalue weighted by molar-refractivity contribution is -0.120. The van der Waals surface area contributed by atoms with E-state index in [1.165, 1.54) is 0 Å². The Morgan fingerprint density at radius 3 is 2.23 bits per heavy atom. The van der Waals surface area contributed by atoms with Gasteiger partial charge in [0.25, 0.3) is 0 Å². The molecule has 0 saturated carbocycles. The van der Waals surface area contributed by atoms with Crippen LogP contribution in [0.4, 0.5) is 10.5 Å². The normalized spacial score (nSPS) is 19.2. The summed E-state index contributed by atoms with van der Waals surface area (Å²) < 4.78 is 1.70. The number of amidine groups is 1. The van der Waals surface area contributed by atoms with Gasteiger partial charge in [0.2, 0.25) is 9.63 Å². The molecular formula is C11H6Cl5N3O2S. The van der Waals surface area contributed by atoms with Crippen LogP contribution in [0.3, 0.4) is 0 Å². The molecule has 22 heavy (non-hydrogen) atoms. The molecule has 1 saturated heterocycles. The van der Waals surface area contributed by atoms with Crippen LogP contribution in [0.5, 0.6) is 0 Å². The van der Waals surface area contributed by atoms with Gasteiger partial charge < -0.3 is 0 Å². The van der Waals surface area contributed by atoms with Gasteiger partial charge >= 0.3 is 11.9 Å². The third kappa shape index (κ3) is 3.42. The second-order valence-electron chi connectivity index (χ2n) is 3.99. The zero-order valence-electron chi connectivity index (χ0n) is 10.4. The first-order valence-corrected chi connectivity index (χ1v) is 8.75. The van der Waals surface area contributed by atoms with E-state index in [4.69, 9.17) is 57.1 Å². The number of nitrogens with zero attached hydrogens (tertiary/aromatic N) is 3. The summed E-state index contributed by atoms with van der Waals surface area (Å²) in [4.78, 5) is 26.6. The third-order valence-corrected chi connectivity index (χ3v) is 4.58. The molecule has 2 rings (SSSR count). The molecule has 1 aromatic rings. The highest BCUT2D eigenvalue weighted by Gasteiger charge is 2.51. The van der Waals surface area contributed by atoms with Crippen molar-refractivity contribution in [3.63, 3.8) is 0 Å². The topological polar surface area (TPSA) is 53.0 Å². The molecular weight excluding hydrogens is 415 g/mol. The fraction of sp³-hybridized carbons (Fsp3) is 0.182. The molecule has 0 radical (unpaired) electrons. The summed E-state index contributed by atoms with van der Waals surface area (Å²) in [6.45, 7) is 0. The van der Waals surface area contributed by atoms with E-state index in [0.29, 0.717) is 21.7 Å². The Hall–Kier alpha value is -0.370. The standard InChI is InChI=1S/C11H6Cl5N3O2S/c12-9(11(13,14)15)19-8(20)7(17-22-16)18(10(19)21)6-4-2-1-3-5-6/h1-5,9H/b17-7-. The molecule has 0 N–H and O–H groups in total. The van der Waals surface area contributed by atoms with Crippen LogP contribution in [0, 0.1) is 0 Å². The largest absolute Gasteiger partial charge is 0.338 e. The second-order valence-corrected chi connectivity index (χ2v) is 7.51. The van der Waals surface area contributed by atoms with Crippen molar-refractivity contribution < 1.29 is 9.59 Å². The molecule has 5 nitrogen and oxygen atoms in total. The van der Waals surface area contributed by atoms with E-state index in [0.717, 1.165) is 4.90 Å². The molecule has 1 unspecified atom stereocenters. The number of hydrogen-bond donors (Lipinski definition) is 0. The van der Waals surface area contributed by atoms with Gasteiger partial charge in [0, 0.05) is 0 Å². The molecule has 0 bridgehead atoms. The number of benzene rings is 1. The molecule has 11 heteroatoms. The number of amides is 3. The lowest BCUT2D eigenvalue weighted by Crippen LogP contribution is -2.44. The van der Waals surface area contributed by atoms with Crippen LogP contribution in [-0.4, -0.2) is 32.0 Å². The first-order chi connectivity index (χ1) is 10.3. The Morgan fingerprint density at radius 1 is 1.14 bits per heavy atom. The summed E-state index contributed by atoms with van der Waals surface area (Å²) in [5, 5.41) is 0. The van der Waals surface area contributed by atoms with Gasteiger partial charge in [0.05, 0.1) is 16.8 Å². The Kier molecular flexibility index (Phi) is 5.74. The van der Waals surface area contributed by atoms with Gasteiger partial charge in [0.15, 0.2) is 5.50 Å². The molecule has 0 spiro atoms. The highest BCUT2D eigenvalue weighted by Crippen LogP contribution is 2.38. The van der Waals surface area contributed by atoms with Gasteiger partial charge in [-0.1, -0.05) is 64.6 Å². The number of hydrogen-bond acceptors (Lipinski definition) is 4. The van der Waals surface area contributed by atoms with Gasteiger partial charge in [-0.05, 0) is 22.8 Å². The van der Waals surface area contributed by atoms with Crippen LogP contribution in [0.25, 0.3) is 0 Å². The molecule has 1 atom stereocenters. The smallest absolute Gasteiger partial charge is 0.265 e. The highest BCUT2D eigenvalue weighted by atomic mass is 35.7. The number of carbonyl (C=O) groups is 2. The van der Waals surface area contributed by atoms with Gasteiger partial charge in [0.1, 0.15) is 0 Å². The summed E-state index contributed by atoms with van der Waals surface area (Å²) in [5.74, 6) is -1.04. The van der Waals surface area contributed by atoms with Crippen molar-refractivity contribution in [2.45, 2.75) is 9.29 Å². The Labute approximate surface area is 154 Å². The fourth-order valence-electron chi connectivity index (χ4n) is 1.76. The SMILES string of the molecule is O=C1/C(=N/SCl)N(c2ccccc2)C(=O)N1C(Cl)C(Cl)(Cl)Cl. The van der Waals surface area contributed by atoms with Crippen molar-refractivity contribution in [1.29, 1.82) is 0 Å². The average molecular weight is 422 g/mol. The first-order valence-electron chi connectivity index (χ1n) is 5.58. The lowest BCUT2D eigenvalue weighted by atomic mass is 10.3. The molecule has 1 aliphatic rings. The predicted molar refractivity (Wildman–Crippen MR) is 92.0 cm³/mol. The van der Waals surface area contributed by atoms with Crippen molar-refractivity contribution in [3.05, 3.63) is 30.3 Å². The molecule has 1 aliphatic heterocycles. The number of carbonyl (C=O) groups excluding carboxylic acids is 2. The zero-order chi connectivity index (χ0) is 16.5. The second kappa shape index (κ2) is 7.03. The maximum Gasteiger partial charge on any atom is 0.338 e. The molecule has 0 aliphatic carbocycles. The van der Waals surface area contributed by atoms with Crippen molar-refractivity contribution >= 4 is 91.7 Å². The van der Waals surface area contributed by atoms with Gasteiger partial charge in [-0.3, -0.25) is 4.79 Å². The zero-order valence-corrected chi connectivity index (χ0v) is 15.0. The number of para-hydroxylation sites is 1. The van der Waals surface area contributed by atoms with E-state index >= 15 is 0 Å². The number of urea groups is 1. The maximum absolute atomic E-state index is 12.5. The molecule has 1 fully saturated rings. The minimum absolute atomic E-state index is 0.226. The summed E-state index contributed by atoms with van der Waals surface area (Å²) >= 11 is 23.5. The van der Waals surface area contributed by atoms with E-state index < -0.39 is 21.2 Å². The van der Waals surface area contributed by atoms with Gasteiger partial charge in [-0.2, -0.15) is 4.40 Å². The lowest BCUT2D eigenvalue weighted by Gasteiger charge is -2.25. The van der Waals surface area contributed by atoms with Crippen LogP contribution < -0.4 is 4.90 Å². The van der Waals surface area contributed by atoms with E-state index in [2.05, 4.69) is 4.40 Å². The van der Waals surface area contributed by atoms with Gasteiger partial charge in [-0.15, -0.1) is 0 Å². The molecule has 3 amide bonds. The van der Waals surface area contributed by atoms with Crippen molar-refractivity contribution in [1.82, 2.24) is 4.90 Å². The highest BCUT2D eigenvalue weighted by molar-refractivity contribution is 8.20. The third-order valence-electron chi connectivity index (χ3n) is 2.65. The van der Waals surface area contributed by atoms with E-state index in [-0.39, 0.29) is 5.84 Å². The van der Waals surface area contributed by atoms with Crippen LogP contribution in [0.1, 0.15) is 0 Å². The Morgan fingerprint density at radius 2 is 1.73 bits per heavy atom. The monoisotopic (exact) mass is 419 g/mol. The summed E-state index contributed by atoms with van der Waals surface area (Å²) in [5.41, 5.74) is -1.10. The Bertz CT molecular complexity index is 622. The Balaban J connectivity index is 2.49. The number of halogens is 5. The summed E-state index contributed by atoms with van der Waals surface area (Å²) in [6.07, 6.45) is 0. The first kappa shape index (κ1) is 18.0. The summed E-state index contributed by atoms with van der Waals surface area (Å²) in [7, 11) is 5.47. The van der Waals surface area contributed by atoms with Crippen LogP contribution >= 0.6 is 68.2 Å². The number of rotatable bonds is 3. The van der Waals surface area contributed by atoms with E-state index in [1.54, 1.807) is 30.3 Å². The maximum atomic E-state index is 12.5. The molecule has 118 valence electrons. The van der Waals surface area contributed by atoms with Crippen LogP contribution in [0.2, 0.25) is 0 Å². The average Bonchev–Trinajstić information content (AvgIpc) is 2.70. The predicted octanol–water partition coefficient (Wildman–Crippen LogP) is 4.59. The number of alkyl halides is 4. The summed E-state index contributed by atoms with van der Waals surface area (Å²) in [6, 6.07) is 7.57. The van der Waals surface area contributed by atoms with Crippen LogP contribution in [-0.2, 0) is 4.79 Å². The number of anilines is 1. The van der Waals surface area contributed by atoms with E-state index in [1.807, 2.05) is 0 Å². The molecule has 0 aromatic heterocycles. The van der Waals surface area contributed by atoms with Crippen molar-refractivity contribution in [2.75, 3.05) is 4.90 Å². The van der Waals surface area contributed by atoms with Gasteiger partial charge in [-0.25, -0.2) is 14.6 Å². The minimum Gasteiger partial charge on any atom is -0.265 e. The van der Waals surface area contributed by atoms with E-state index in [9.17, 15) is 9.59 Å².